The molecule has 22 heavy (non-hydrogen) atoms. The Morgan fingerprint density at radius 2 is 1.73 bits per heavy atom. The van der Waals surface area contributed by atoms with Crippen LogP contribution in [0.5, 0.6) is 0 Å². The lowest BCUT2D eigenvalue weighted by atomic mass is 9.89. The number of carbonyl (C=O) groups is 1. The van der Waals surface area contributed by atoms with Crippen molar-refractivity contribution in [3.05, 3.63) is 59.2 Å². The van der Waals surface area contributed by atoms with Gasteiger partial charge in [0.05, 0.1) is 10.6 Å². The van der Waals surface area contributed by atoms with Crippen LogP contribution < -0.4 is 4.72 Å². The minimum Gasteiger partial charge on any atom is -0.294 e. The van der Waals surface area contributed by atoms with Gasteiger partial charge in [-0.05, 0) is 43.5 Å². The molecule has 1 N–H and O–H groups in total. The van der Waals surface area contributed by atoms with Crippen LogP contribution >= 0.6 is 0 Å². The van der Waals surface area contributed by atoms with Crippen LogP contribution in [0.25, 0.3) is 0 Å². The number of sulfonamides is 1. The summed E-state index contributed by atoms with van der Waals surface area (Å²) in [6, 6.07) is 11.9. The summed E-state index contributed by atoms with van der Waals surface area (Å²) >= 11 is 0. The minimum absolute atomic E-state index is 0.00320. The number of aryl methyl sites for hydroxylation is 2. The van der Waals surface area contributed by atoms with Crippen molar-refractivity contribution < 1.29 is 13.2 Å². The maximum Gasteiger partial charge on any atom is 0.261 e. The van der Waals surface area contributed by atoms with E-state index in [-0.39, 0.29) is 10.7 Å². The fraction of sp³-hybridized carbons (Fsp3) is 0.235. The molecule has 0 radical (unpaired) electrons. The topological polar surface area (TPSA) is 63.2 Å². The van der Waals surface area contributed by atoms with Crippen molar-refractivity contribution in [2.45, 2.75) is 31.1 Å². The predicted molar refractivity (Wildman–Crippen MR) is 85.7 cm³/mol. The van der Waals surface area contributed by atoms with Crippen LogP contribution in [0.2, 0.25) is 0 Å². The van der Waals surface area contributed by atoms with Gasteiger partial charge in [0.1, 0.15) is 0 Å². The Bertz CT molecular complexity index is 823. The zero-order valence-corrected chi connectivity index (χ0v) is 13.1. The van der Waals surface area contributed by atoms with E-state index in [1.165, 1.54) is 0 Å². The van der Waals surface area contributed by atoms with Crippen molar-refractivity contribution in [2.75, 3.05) is 4.72 Å². The maximum atomic E-state index is 12.5. The Morgan fingerprint density at radius 1 is 1.00 bits per heavy atom. The third-order valence-corrected chi connectivity index (χ3v) is 5.24. The molecule has 0 bridgehead atoms. The molecule has 0 amide bonds. The second-order valence-electron chi connectivity index (χ2n) is 5.53. The summed E-state index contributed by atoms with van der Waals surface area (Å²) in [5.74, 6) is 0.00320. The van der Waals surface area contributed by atoms with Gasteiger partial charge in [0.25, 0.3) is 10.0 Å². The molecule has 114 valence electrons. The molecule has 0 saturated carbocycles. The van der Waals surface area contributed by atoms with E-state index in [1.807, 2.05) is 13.0 Å². The Kier molecular flexibility index (Phi) is 3.74. The molecule has 0 spiro atoms. The number of carbonyl (C=O) groups excluding carboxylic acids is 1. The van der Waals surface area contributed by atoms with Crippen molar-refractivity contribution in [1.29, 1.82) is 0 Å². The van der Waals surface area contributed by atoms with E-state index in [9.17, 15) is 13.2 Å². The fourth-order valence-corrected chi connectivity index (χ4v) is 3.78. The molecule has 0 saturated heterocycles. The molecule has 0 aliphatic heterocycles. The molecule has 0 atom stereocenters. The van der Waals surface area contributed by atoms with Crippen LogP contribution in [-0.2, 0) is 16.4 Å². The molecular weight excluding hydrogens is 298 g/mol. The molecule has 3 rings (SSSR count). The molecule has 0 heterocycles. The smallest absolute Gasteiger partial charge is 0.261 e. The van der Waals surface area contributed by atoms with E-state index in [1.54, 1.807) is 36.4 Å². The molecule has 2 aromatic carbocycles. The molecular formula is C17H17NO3S. The average molecular weight is 315 g/mol. The van der Waals surface area contributed by atoms with Crippen LogP contribution in [0, 0.1) is 6.92 Å². The lowest BCUT2D eigenvalue weighted by Crippen LogP contribution is -2.18. The minimum atomic E-state index is -3.69. The summed E-state index contributed by atoms with van der Waals surface area (Å²) < 4.78 is 27.5. The van der Waals surface area contributed by atoms with Crippen LogP contribution in [-0.4, -0.2) is 14.2 Å². The van der Waals surface area contributed by atoms with Crippen LogP contribution in [0.3, 0.4) is 0 Å². The average Bonchev–Trinajstić information content (AvgIpc) is 2.47. The third kappa shape index (κ3) is 2.76. The SMILES string of the molecule is Cc1ccc(S(=O)(=O)Nc2cccc3c2C(=O)CCC3)cc1. The predicted octanol–water partition coefficient (Wildman–Crippen LogP) is 3.31. The number of nitrogens with one attached hydrogen (secondary N) is 1. The Morgan fingerprint density at radius 3 is 2.45 bits per heavy atom. The summed E-state index contributed by atoms with van der Waals surface area (Å²) in [4.78, 5) is 12.3. The monoisotopic (exact) mass is 315 g/mol. The Labute approximate surface area is 130 Å². The van der Waals surface area contributed by atoms with Gasteiger partial charge >= 0.3 is 0 Å². The van der Waals surface area contributed by atoms with Gasteiger partial charge in [-0.2, -0.15) is 0 Å². The first kappa shape index (κ1) is 14.8. The van der Waals surface area contributed by atoms with E-state index in [0.717, 1.165) is 24.0 Å². The second kappa shape index (κ2) is 5.57. The van der Waals surface area contributed by atoms with Crippen molar-refractivity contribution in [2.24, 2.45) is 0 Å². The molecule has 0 unspecified atom stereocenters. The first-order chi connectivity index (χ1) is 10.5. The molecule has 0 aromatic heterocycles. The van der Waals surface area contributed by atoms with Gasteiger partial charge < -0.3 is 0 Å². The fourth-order valence-electron chi connectivity index (χ4n) is 2.71. The van der Waals surface area contributed by atoms with Crippen molar-refractivity contribution in [1.82, 2.24) is 0 Å². The number of rotatable bonds is 3. The number of anilines is 1. The van der Waals surface area contributed by atoms with Crippen LogP contribution in [0.4, 0.5) is 5.69 Å². The normalized spacial score (nSPS) is 14.5. The second-order valence-corrected chi connectivity index (χ2v) is 7.22. The standard InChI is InChI=1S/C17H17NO3S/c1-12-8-10-14(11-9-12)22(20,21)18-15-6-2-4-13-5-3-7-16(19)17(13)15/h2,4,6,8-11,18H,3,5,7H2,1H3. The summed E-state index contributed by atoms with van der Waals surface area (Å²) in [6.07, 6.45) is 2.09. The number of hydrogen-bond donors (Lipinski definition) is 1. The number of Topliss-reactive ketones (excluding diaryl/α,β-unsaturated/α-hetero) is 1. The molecule has 5 heteroatoms. The highest BCUT2D eigenvalue weighted by Gasteiger charge is 2.23. The first-order valence-corrected chi connectivity index (χ1v) is 8.70. The number of fused-ring (bicyclic) bond motifs is 1. The van der Waals surface area contributed by atoms with Crippen molar-refractivity contribution in [3.8, 4) is 0 Å². The number of benzene rings is 2. The molecule has 1 aliphatic rings. The highest BCUT2D eigenvalue weighted by atomic mass is 32.2. The summed E-state index contributed by atoms with van der Waals surface area (Å²) in [7, 11) is -3.69. The third-order valence-electron chi connectivity index (χ3n) is 3.86. The number of ketones is 1. The Balaban J connectivity index is 2.00. The van der Waals surface area contributed by atoms with E-state index >= 15 is 0 Å². The highest BCUT2D eigenvalue weighted by Crippen LogP contribution is 2.29. The molecule has 1 aliphatic carbocycles. The number of hydrogen-bond acceptors (Lipinski definition) is 3. The highest BCUT2D eigenvalue weighted by molar-refractivity contribution is 7.92. The van der Waals surface area contributed by atoms with Gasteiger partial charge in [0.15, 0.2) is 5.78 Å². The van der Waals surface area contributed by atoms with E-state index in [2.05, 4.69) is 4.72 Å². The van der Waals surface area contributed by atoms with Gasteiger partial charge in [0.2, 0.25) is 0 Å². The lowest BCUT2D eigenvalue weighted by Gasteiger charge is -2.19. The van der Waals surface area contributed by atoms with Gasteiger partial charge in [-0.3, -0.25) is 9.52 Å². The van der Waals surface area contributed by atoms with Crippen molar-refractivity contribution >= 4 is 21.5 Å². The first-order valence-electron chi connectivity index (χ1n) is 7.22. The Hall–Kier alpha value is -2.14. The quantitative estimate of drug-likeness (QED) is 0.945. The van der Waals surface area contributed by atoms with Gasteiger partial charge in [-0.1, -0.05) is 29.8 Å². The summed E-state index contributed by atoms with van der Waals surface area (Å²) in [5.41, 5.74) is 2.80. The zero-order valence-electron chi connectivity index (χ0n) is 12.3. The van der Waals surface area contributed by atoms with Crippen LogP contribution in [0.1, 0.15) is 34.3 Å². The van der Waals surface area contributed by atoms with Crippen LogP contribution in [0.15, 0.2) is 47.4 Å². The zero-order chi connectivity index (χ0) is 15.7. The van der Waals surface area contributed by atoms with Crippen molar-refractivity contribution in [3.63, 3.8) is 0 Å². The maximum absolute atomic E-state index is 12.5. The van der Waals surface area contributed by atoms with Gasteiger partial charge in [-0.25, -0.2) is 8.42 Å². The largest absolute Gasteiger partial charge is 0.294 e. The van der Waals surface area contributed by atoms with E-state index in [4.69, 9.17) is 0 Å². The molecule has 4 nitrogen and oxygen atoms in total. The van der Waals surface area contributed by atoms with E-state index < -0.39 is 10.0 Å². The summed E-state index contributed by atoms with van der Waals surface area (Å²) in [5, 5.41) is 0. The lowest BCUT2D eigenvalue weighted by molar-refractivity contribution is 0.0973. The van der Waals surface area contributed by atoms with Gasteiger partial charge in [-0.15, -0.1) is 0 Å². The summed E-state index contributed by atoms with van der Waals surface area (Å²) in [6.45, 7) is 1.90. The van der Waals surface area contributed by atoms with Gasteiger partial charge in [0, 0.05) is 12.0 Å². The molecule has 0 fully saturated rings. The van der Waals surface area contributed by atoms with E-state index in [0.29, 0.717) is 17.7 Å². The molecule has 2 aromatic rings.